The molecule has 1 saturated carbocycles. The van der Waals surface area contributed by atoms with Gasteiger partial charge in [-0.3, -0.25) is 9.59 Å². The van der Waals surface area contributed by atoms with Crippen LogP contribution in [-0.4, -0.2) is 30.4 Å². The van der Waals surface area contributed by atoms with Crippen LogP contribution in [0.3, 0.4) is 0 Å². The number of nitrogens with two attached hydrogens (primary N) is 1. The van der Waals surface area contributed by atoms with Gasteiger partial charge in [0.05, 0.1) is 0 Å². The zero-order valence-corrected chi connectivity index (χ0v) is 13.2. The summed E-state index contributed by atoms with van der Waals surface area (Å²) in [6.45, 7) is 0.416. The van der Waals surface area contributed by atoms with Crippen molar-refractivity contribution in [1.82, 2.24) is 10.6 Å². The van der Waals surface area contributed by atoms with Crippen molar-refractivity contribution in [2.45, 2.75) is 50.6 Å². The van der Waals surface area contributed by atoms with Crippen molar-refractivity contribution in [3.8, 4) is 0 Å². The Hall–Kier alpha value is -1.95. The van der Waals surface area contributed by atoms with Crippen LogP contribution in [0.15, 0.2) is 24.3 Å². The highest BCUT2D eigenvalue weighted by molar-refractivity contribution is 5.94. The van der Waals surface area contributed by atoms with Gasteiger partial charge in [-0.05, 0) is 56.4 Å². The van der Waals surface area contributed by atoms with Gasteiger partial charge in [-0.15, -0.1) is 0 Å². The molecule has 2 amide bonds. The molecular weight excluding hydrogens is 297 g/mol. The third-order valence-electron chi connectivity index (χ3n) is 4.11. The van der Waals surface area contributed by atoms with Crippen molar-refractivity contribution in [2.24, 2.45) is 5.73 Å². The molecule has 23 heavy (non-hydrogen) atoms. The number of amides is 2. The molecule has 6 heteroatoms. The molecule has 0 aliphatic heterocycles. The molecule has 0 unspecified atom stereocenters. The molecule has 1 aliphatic rings. The Morgan fingerprint density at radius 2 is 1.78 bits per heavy atom. The summed E-state index contributed by atoms with van der Waals surface area (Å²) in [7, 11) is 0. The fourth-order valence-electron chi connectivity index (χ4n) is 2.72. The molecule has 126 valence electrons. The minimum absolute atomic E-state index is 0.0153. The summed E-state index contributed by atoms with van der Waals surface area (Å²) >= 11 is 0. The first-order valence-corrected chi connectivity index (χ1v) is 8.13. The average Bonchev–Trinajstić information content (AvgIpc) is 2.54. The lowest BCUT2D eigenvalue weighted by molar-refractivity contribution is -0.122. The third kappa shape index (κ3) is 5.98. The van der Waals surface area contributed by atoms with Gasteiger partial charge >= 0.3 is 0 Å². The normalized spacial score (nSPS) is 20.8. The van der Waals surface area contributed by atoms with Crippen LogP contribution in [0, 0.1) is 5.82 Å². The number of rotatable bonds is 6. The summed E-state index contributed by atoms with van der Waals surface area (Å²) in [4.78, 5) is 23.7. The Morgan fingerprint density at radius 3 is 2.43 bits per heavy atom. The van der Waals surface area contributed by atoms with E-state index in [1.807, 2.05) is 0 Å². The number of halogens is 1. The second-order valence-electron chi connectivity index (χ2n) is 6.05. The maximum Gasteiger partial charge on any atom is 0.251 e. The standard InChI is InChI=1S/C17H24FN3O2/c18-13-5-3-12(4-6-13)17(23)20-11-1-2-16(22)21-15-9-7-14(19)8-10-15/h3-6,14-15H,1-2,7-11,19H2,(H,20,23)(H,21,22). The van der Waals surface area contributed by atoms with Crippen molar-refractivity contribution in [1.29, 1.82) is 0 Å². The minimum Gasteiger partial charge on any atom is -0.353 e. The average molecular weight is 321 g/mol. The van der Waals surface area contributed by atoms with Gasteiger partial charge in [-0.25, -0.2) is 4.39 Å². The summed E-state index contributed by atoms with van der Waals surface area (Å²) in [6, 6.07) is 5.87. The van der Waals surface area contributed by atoms with E-state index in [4.69, 9.17) is 5.73 Å². The molecule has 5 nitrogen and oxygen atoms in total. The molecule has 0 atom stereocenters. The van der Waals surface area contributed by atoms with Crippen LogP contribution in [0.25, 0.3) is 0 Å². The Kier molecular flexibility index (Phi) is 6.52. The molecule has 0 saturated heterocycles. The molecule has 0 heterocycles. The predicted octanol–water partition coefficient (Wildman–Crippen LogP) is 1.72. The lowest BCUT2D eigenvalue weighted by atomic mass is 9.92. The van der Waals surface area contributed by atoms with Crippen molar-refractivity contribution in [3.63, 3.8) is 0 Å². The van der Waals surface area contributed by atoms with Crippen molar-refractivity contribution in [3.05, 3.63) is 35.6 Å². The van der Waals surface area contributed by atoms with Crippen LogP contribution in [0.4, 0.5) is 4.39 Å². The molecule has 0 bridgehead atoms. The first-order valence-electron chi connectivity index (χ1n) is 8.13. The Balaban J connectivity index is 1.60. The molecule has 4 N–H and O–H groups in total. The van der Waals surface area contributed by atoms with Crippen LogP contribution in [-0.2, 0) is 4.79 Å². The summed E-state index contributed by atoms with van der Waals surface area (Å²) < 4.78 is 12.8. The molecular formula is C17H24FN3O2. The van der Waals surface area contributed by atoms with Gasteiger partial charge in [0.1, 0.15) is 5.82 Å². The molecule has 0 aromatic heterocycles. The lowest BCUT2D eigenvalue weighted by Crippen LogP contribution is -2.40. The molecule has 1 aromatic carbocycles. The number of hydrogen-bond donors (Lipinski definition) is 3. The molecule has 0 radical (unpaired) electrons. The monoisotopic (exact) mass is 321 g/mol. The smallest absolute Gasteiger partial charge is 0.251 e. The van der Waals surface area contributed by atoms with E-state index in [1.54, 1.807) is 0 Å². The highest BCUT2D eigenvalue weighted by Gasteiger charge is 2.19. The lowest BCUT2D eigenvalue weighted by Gasteiger charge is -2.26. The van der Waals surface area contributed by atoms with E-state index in [1.165, 1.54) is 24.3 Å². The van der Waals surface area contributed by atoms with Crippen LogP contribution >= 0.6 is 0 Å². The number of carbonyl (C=O) groups excluding carboxylic acids is 2. The summed E-state index contributed by atoms with van der Waals surface area (Å²) in [5.41, 5.74) is 6.25. The highest BCUT2D eigenvalue weighted by atomic mass is 19.1. The van der Waals surface area contributed by atoms with E-state index in [2.05, 4.69) is 10.6 Å². The number of carbonyl (C=O) groups is 2. The highest BCUT2D eigenvalue weighted by Crippen LogP contribution is 2.16. The maximum atomic E-state index is 12.8. The largest absolute Gasteiger partial charge is 0.353 e. The summed E-state index contributed by atoms with van der Waals surface area (Å²) in [5, 5.41) is 5.74. The molecule has 1 aliphatic carbocycles. The van der Waals surface area contributed by atoms with E-state index in [0.717, 1.165) is 25.7 Å². The van der Waals surface area contributed by atoms with E-state index in [-0.39, 0.29) is 29.7 Å². The van der Waals surface area contributed by atoms with E-state index in [0.29, 0.717) is 24.9 Å². The molecule has 0 spiro atoms. The van der Waals surface area contributed by atoms with E-state index >= 15 is 0 Å². The van der Waals surface area contributed by atoms with E-state index < -0.39 is 0 Å². The van der Waals surface area contributed by atoms with Crippen molar-refractivity contribution in [2.75, 3.05) is 6.54 Å². The van der Waals surface area contributed by atoms with Gasteiger partial charge in [0.2, 0.25) is 5.91 Å². The maximum absolute atomic E-state index is 12.8. The number of hydrogen-bond acceptors (Lipinski definition) is 3. The zero-order chi connectivity index (χ0) is 16.7. The van der Waals surface area contributed by atoms with Crippen LogP contribution in [0.2, 0.25) is 0 Å². The van der Waals surface area contributed by atoms with Gasteiger partial charge < -0.3 is 16.4 Å². The van der Waals surface area contributed by atoms with Crippen LogP contribution in [0.5, 0.6) is 0 Å². The predicted molar refractivity (Wildman–Crippen MR) is 86.3 cm³/mol. The van der Waals surface area contributed by atoms with Gasteiger partial charge in [-0.2, -0.15) is 0 Å². The Labute approximate surface area is 135 Å². The third-order valence-corrected chi connectivity index (χ3v) is 4.11. The van der Waals surface area contributed by atoms with Gasteiger partial charge in [0.25, 0.3) is 5.91 Å². The molecule has 2 rings (SSSR count). The quantitative estimate of drug-likeness (QED) is 0.698. The van der Waals surface area contributed by atoms with Crippen molar-refractivity contribution >= 4 is 11.8 Å². The van der Waals surface area contributed by atoms with Crippen LogP contribution in [0.1, 0.15) is 48.9 Å². The number of nitrogens with one attached hydrogen (secondary N) is 2. The first kappa shape index (κ1) is 17.4. The summed E-state index contributed by atoms with van der Waals surface area (Å²) in [6.07, 6.45) is 4.75. The second-order valence-corrected chi connectivity index (χ2v) is 6.05. The second kappa shape index (κ2) is 8.62. The van der Waals surface area contributed by atoms with Crippen molar-refractivity contribution < 1.29 is 14.0 Å². The fraction of sp³-hybridized carbons (Fsp3) is 0.529. The van der Waals surface area contributed by atoms with Gasteiger partial charge in [-0.1, -0.05) is 0 Å². The summed E-state index contributed by atoms with van der Waals surface area (Å²) in [5.74, 6) is -0.616. The minimum atomic E-state index is -0.373. The molecule has 1 aromatic rings. The number of benzene rings is 1. The fourth-order valence-corrected chi connectivity index (χ4v) is 2.72. The first-order chi connectivity index (χ1) is 11.0. The van der Waals surface area contributed by atoms with Gasteiger partial charge in [0.15, 0.2) is 0 Å². The Morgan fingerprint density at radius 1 is 1.13 bits per heavy atom. The van der Waals surface area contributed by atoms with Crippen LogP contribution < -0.4 is 16.4 Å². The molecule has 1 fully saturated rings. The van der Waals surface area contributed by atoms with E-state index in [9.17, 15) is 14.0 Å². The SMILES string of the molecule is NC1CCC(NC(=O)CCCNC(=O)c2ccc(F)cc2)CC1. The Bertz CT molecular complexity index is 525. The van der Waals surface area contributed by atoms with Gasteiger partial charge in [0, 0.05) is 30.6 Å². The zero-order valence-electron chi connectivity index (χ0n) is 13.2. The topological polar surface area (TPSA) is 84.2 Å².